The number of H-pyrrole nitrogens is 3. The van der Waals surface area contributed by atoms with E-state index in [0.717, 1.165) is 48.1 Å². The van der Waals surface area contributed by atoms with Crippen LogP contribution in [0.1, 0.15) is 83.5 Å². The van der Waals surface area contributed by atoms with E-state index >= 15 is 0 Å². The van der Waals surface area contributed by atoms with Crippen molar-refractivity contribution in [3.8, 4) is 33.9 Å². The Morgan fingerprint density at radius 1 is 0.763 bits per heavy atom. The zero-order chi connectivity index (χ0) is 42.0. The van der Waals surface area contributed by atoms with E-state index in [4.69, 9.17) is 14.5 Å². The molecule has 3 amide bonds. The molecule has 16 nitrogen and oxygen atoms in total. The molecule has 4 N–H and O–H groups in total. The van der Waals surface area contributed by atoms with Gasteiger partial charge in [-0.3, -0.25) is 19.2 Å². The van der Waals surface area contributed by atoms with Gasteiger partial charge >= 0.3 is 12.1 Å². The van der Waals surface area contributed by atoms with Gasteiger partial charge in [-0.05, 0) is 55.2 Å². The topological polar surface area (TPSA) is 208 Å². The Labute approximate surface area is 341 Å². The molecule has 59 heavy (non-hydrogen) atoms. The number of carbonyl (C=O) groups excluding carboxylic acids is 4. The maximum atomic E-state index is 13.6. The van der Waals surface area contributed by atoms with Crippen molar-refractivity contribution in [3.63, 3.8) is 0 Å². The van der Waals surface area contributed by atoms with Crippen LogP contribution in [0.3, 0.4) is 0 Å². The summed E-state index contributed by atoms with van der Waals surface area (Å²) in [7, 11) is 2.61. The van der Waals surface area contributed by atoms with Gasteiger partial charge in [-0.25, -0.2) is 19.7 Å². The summed E-state index contributed by atoms with van der Waals surface area (Å²) in [6, 6.07) is 11.9. The Bertz CT molecular complexity index is 2400. The zero-order valence-electron chi connectivity index (χ0n) is 34.2. The van der Waals surface area contributed by atoms with E-state index in [2.05, 4.69) is 30.2 Å². The number of hydrogen-bond donors (Lipinski definition) is 4. The smallest absolute Gasteiger partial charge is 0.407 e. The largest absolute Gasteiger partial charge is 0.469 e. The van der Waals surface area contributed by atoms with Gasteiger partial charge in [0.1, 0.15) is 23.5 Å². The molecule has 3 aromatic heterocycles. The number of amides is 3. The first-order chi connectivity index (χ1) is 28.4. The number of rotatable bonds is 12. The van der Waals surface area contributed by atoms with Crippen LogP contribution in [0.25, 0.3) is 44.8 Å². The van der Waals surface area contributed by atoms with Gasteiger partial charge in [-0.15, -0.1) is 0 Å². The summed E-state index contributed by atoms with van der Waals surface area (Å²) in [4.78, 5) is 92.1. The SMILES string of the molecule is COC(=O)C[C@H](C(=O)N1CCC[C@H]1c1ncc(-c2ccc3nc(-c4ccc(-c5cnc([C@@H]6CCCN6C(=O)[C@@H](NC(=O)OC)C(C)C)[nH]5)cc4)[nH]c(=O)c3c2)[nH]1)C(C)C. The molecule has 2 aliphatic rings. The minimum atomic E-state index is -0.717. The molecule has 0 spiro atoms. The minimum Gasteiger partial charge on any atom is -0.469 e. The molecule has 0 radical (unpaired) electrons. The first-order valence-corrected chi connectivity index (χ1v) is 20.1. The van der Waals surface area contributed by atoms with Crippen LogP contribution < -0.4 is 10.9 Å². The fourth-order valence-corrected chi connectivity index (χ4v) is 8.15. The number of esters is 1. The van der Waals surface area contributed by atoms with Gasteiger partial charge in [-0.1, -0.05) is 58.0 Å². The first-order valence-electron chi connectivity index (χ1n) is 20.1. The van der Waals surface area contributed by atoms with Crippen LogP contribution in [0.4, 0.5) is 4.79 Å². The highest BCUT2D eigenvalue weighted by molar-refractivity contribution is 5.87. The van der Waals surface area contributed by atoms with Crippen LogP contribution in [0.5, 0.6) is 0 Å². The van der Waals surface area contributed by atoms with E-state index in [-0.39, 0.29) is 47.7 Å². The maximum Gasteiger partial charge on any atom is 0.407 e. The van der Waals surface area contributed by atoms with Crippen molar-refractivity contribution in [1.29, 1.82) is 0 Å². The lowest BCUT2D eigenvalue weighted by Crippen LogP contribution is -2.51. The number of imidazole rings is 2. The van der Waals surface area contributed by atoms with Crippen molar-refractivity contribution in [2.45, 2.75) is 77.9 Å². The second kappa shape index (κ2) is 17.3. The van der Waals surface area contributed by atoms with Crippen LogP contribution in [-0.2, 0) is 23.9 Å². The number of carbonyl (C=O) groups is 4. The molecule has 0 aliphatic carbocycles. The molecule has 310 valence electrons. The number of aromatic amines is 3. The molecule has 5 aromatic rings. The van der Waals surface area contributed by atoms with Crippen molar-refractivity contribution in [2.24, 2.45) is 17.8 Å². The van der Waals surface area contributed by atoms with Gasteiger partial charge in [0.05, 0.1) is 73.3 Å². The molecule has 0 saturated carbocycles. The third-order valence-electron chi connectivity index (χ3n) is 11.5. The van der Waals surface area contributed by atoms with E-state index < -0.39 is 24.0 Å². The highest BCUT2D eigenvalue weighted by Crippen LogP contribution is 2.36. The monoisotopic (exact) mass is 805 g/mol. The summed E-state index contributed by atoms with van der Waals surface area (Å²) in [5.41, 5.74) is 4.08. The summed E-state index contributed by atoms with van der Waals surface area (Å²) in [6.07, 6.45) is 5.97. The Morgan fingerprint density at radius 3 is 1.92 bits per heavy atom. The zero-order valence-corrected chi connectivity index (χ0v) is 34.2. The summed E-state index contributed by atoms with van der Waals surface area (Å²) in [6.45, 7) is 8.78. The summed E-state index contributed by atoms with van der Waals surface area (Å²) in [5.74, 6) is 0.445. The summed E-state index contributed by atoms with van der Waals surface area (Å²) >= 11 is 0. The predicted molar refractivity (Wildman–Crippen MR) is 219 cm³/mol. The normalized spacial score (nSPS) is 17.8. The molecule has 5 heterocycles. The fourth-order valence-electron chi connectivity index (χ4n) is 8.15. The maximum absolute atomic E-state index is 13.6. The lowest BCUT2D eigenvalue weighted by molar-refractivity contribution is -0.148. The quantitative estimate of drug-likeness (QED) is 0.110. The average Bonchev–Trinajstić information content (AvgIpc) is 4.08. The van der Waals surface area contributed by atoms with Gasteiger partial charge in [0, 0.05) is 24.2 Å². The van der Waals surface area contributed by atoms with E-state index in [9.17, 15) is 24.0 Å². The fraction of sp³-hybridized carbons (Fsp3) is 0.442. The van der Waals surface area contributed by atoms with Crippen LogP contribution in [0, 0.1) is 17.8 Å². The Balaban J connectivity index is 1.05. The molecule has 2 aromatic carbocycles. The van der Waals surface area contributed by atoms with E-state index in [1.165, 1.54) is 14.2 Å². The lowest BCUT2D eigenvalue weighted by atomic mass is 9.91. The lowest BCUT2D eigenvalue weighted by Gasteiger charge is -2.30. The number of fused-ring (bicyclic) bond motifs is 1. The van der Waals surface area contributed by atoms with Gasteiger partial charge in [0.2, 0.25) is 11.8 Å². The molecule has 4 atom stereocenters. The van der Waals surface area contributed by atoms with Crippen molar-refractivity contribution in [3.05, 3.63) is 76.9 Å². The number of alkyl carbamates (subject to hydrolysis) is 1. The number of nitrogens with zero attached hydrogens (tertiary/aromatic N) is 5. The highest BCUT2D eigenvalue weighted by Gasteiger charge is 2.39. The molecule has 2 fully saturated rings. The molecule has 0 unspecified atom stereocenters. The van der Waals surface area contributed by atoms with Crippen LogP contribution in [0.2, 0.25) is 0 Å². The second-order valence-electron chi connectivity index (χ2n) is 16.0. The number of likely N-dealkylation sites (tertiary alicyclic amines) is 2. The van der Waals surface area contributed by atoms with E-state index in [1.807, 2.05) is 69.0 Å². The molecule has 7 rings (SSSR count). The van der Waals surface area contributed by atoms with Gasteiger partial charge < -0.3 is 39.5 Å². The third kappa shape index (κ3) is 8.47. The van der Waals surface area contributed by atoms with Gasteiger partial charge in [-0.2, -0.15) is 0 Å². The molecular formula is C43H51N9O7. The third-order valence-corrected chi connectivity index (χ3v) is 11.5. The number of ether oxygens (including phenoxy) is 2. The van der Waals surface area contributed by atoms with Gasteiger partial charge in [0.15, 0.2) is 0 Å². The number of benzene rings is 2. The summed E-state index contributed by atoms with van der Waals surface area (Å²) < 4.78 is 9.60. The minimum absolute atomic E-state index is 0.0314. The molecule has 0 bridgehead atoms. The second-order valence-corrected chi connectivity index (χ2v) is 16.0. The summed E-state index contributed by atoms with van der Waals surface area (Å²) in [5, 5.41) is 3.10. The Hall–Kier alpha value is -6.32. The molecule has 16 heteroatoms. The number of hydrogen-bond acceptors (Lipinski definition) is 10. The van der Waals surface area contributed by atoms with Crippen LogP contribution in [0.15, 0.2) is 59.7 Å². The molecular weight excluding hydrogens is 755 g/mol. The average molecular weight is 806 g/mol. The number of nitrogens with one attached hydrogen (secondary N) is 4. The number of aromatic nitrogens is 6. The standard InChI is InChI=1S/C43H51N9O7/c1-23(2)28(20-35(53)58-5)41(55)51-17-7-9-33(51)38-45-22-32(48-38)27-15-16-30-29(19-27)40(54)50-37(46-30)26-13-11-25(12-14-26)31-21-44-39(47-31)34-10-8-18-52(34)42(56)36(24(3)4)49-43(57)59-6/h11-16,19,21-24,28,33-34,36H,7-10,17-18,20H2,1-6H3,(H,44,47)(H,45,48)(H,49,57)(H,46,50,54)/t28-,33-,34-,36-/m0/s1. The Kier molecular flexibility index (Phi) is 12.0. The predicted octanol–water partition coefficient (Wildman–Crippen LogP) is 5.91. The Morgan fingerprint density at radius 2 is 1.34 bits per heavy atom. The van der Waals surface area contributed by atoms with E-state index in [1.54, 1.807) is 23.4 Å². The van der Waals surface area contributed by atoms with Crippen molar-refractivity contribution < 1.29 is 28.7 Å². The van der Waals surface area contributed by atoms with Crippen molar-refractivity contribution >= 4 is 34.8 Å². The molecule has 2 saturated heterocycles. The molecule has 2 aliphatic heterocycles. The first kappa shape index (κ1) is 40.9. The van der Waals surface area contributed by atoms with Gasteiger partial charge in [0.25, 0.3) is 5.56 Å². The van der Waals surface area contributed by atoms with Crippen molar-refractivity contribution in [2.75, 3.05) is 27.3 Å². The van der Waals surface area contributed by atoms with Crippen LogP contribution in [-0.4, -0.2) is 96.9 Å². The number of methoxy groups -OCH3 is 2. The highest BCUT2D eigenvalue weighted by atomic mass is 16.5. The van der Waals surface area contributed by atoms with E-state index in [0.29, 0.717) is 47.2 Å². The van der Waals surface area contributed by atoms with Crippen molar-refractivity contribution in [1.82, 2.24) is 45.0 Å². The van der Waals surface area contributed by atoms with Crippen LogP contribution >= 0.6 is 0 Å².